The summed E-state index contributed by atoms with van der Waals surface area (Å²) >= 11 is 0. The second kappa shape index (κ2) is 13.6. The smallest absolute Gasteiger partial charge is 0.286 e. The second-order valence-electron chi connectivity index (χ2n) is 12.3. The van der Waals surface area contributed by atoms with Crippen molar-refractivity contribution in [2.75, 3.05) is 33.4 Å². The molecule has 1 amide bonds. The Bertz CT molecular complexity index is 1720. The molecular formula is C34H41N3O8S. The summed E-state index contributed by atoms with van der Waals surface area (Å²) in [5.74, 6) is 1.11. The van der Waals surface area contributed by atoms with Crippen molar-refractivity contribution in [1.82, 2.24) is 14.2 Å². The lowest BCUT2D eigenvalue weighted by atomic mass is 9.92. The molecule has 2 aliphatic carbocycles. The number of ether oxygens (including phenoxy) is 3. The van der Waals surface area contributed by atoms with E-state index in [-0.39, 0.29) is 60.7 Å². The van der Waals surface area contributed by atoms with Gasteiger partial charge in [-0.1, -0.05) is 24.6 Å². The van der Waals surface area contributed by atoms with Crippen LogP contribution in [0.4, 0.5) is 0 Å². The molecule has 1 aliphatic heterocycles. The Balaban J connectivity index is 1.21. The third kappa shape index (κ3) is 6.57. The van der Waals surface area contributed by atoms with Crippen molar-refractivity contribution in [3.05, 3.63) is 72.1 Å². The fraction of sp³-hybridized carbons (Fsp3) is 0.471. The van der Waals surface area contributed by atoms with Crippen molar-refractivity contribution < 1.29 is 37.3 Å². The molecule has 3 aliphatic rings. The number of benzene rings is 2. The van der Waals surface area contributed by atoms with Gasteiger partial charge in [-0.25, -0.2) is 8.42 Å². The van der Waals surface area contributed by atoms with Gasteiger partial charge >= 0.3 is 0 Å². The largest absolute Gasteiger partial charge is 0.497 e. The zero-order valence-corrected chi connectivity index (χ0v) is 26.9. The Kier molecular flexibility index (Phi) is 9.51. The van der Waals surface area contributed by atoms with Crippen LogP contribution in [0.15, 0.2) is 71.5 Å². The van der Waals surface area contributed by atoms with Crippen molar-refractivity contribution in [2.45, 2.75) is 62.2 Å². The van der Waals surface area contributed by atoms with Gasteiger partial charge in [0.2, 0.25) is 22.2 Å². The zero-order chi connectivity index (χ0) is 32.4. The minimum absolute atomic E-state index is 0.0384. The standard InChI is InChI=1S/C34H41N3O8S/c1-22(39)37-21-29(28-5-3-4-6-31(28)37)25-19-32(34(40)35-30-18-23-7-8-24(30)17-23)45-33(20-25)44-16-14-36(13-15-38)46(41,42)27-11-9-26(43-2)10-12-27/h3-6,9-12,19,21,23-25,30,33,38H,7-8,13-18,20H2,1-2H3,(H,35,40). The van der Waals surface area contributed by atoms with Crippen molar-refractivity contribution in [3.8, 4) is 5.75 Å². The number of amides is 1. The number of hydrogen-bond acceptors (Lipinski definition) is 8. The number of nitrogens with one attached hydrogen (secondary N) is 1. The number of hydrogen-bond donors (Lipinski definition) is 2. The zero-order valence-electron chi connectivity index (χ0n) is 26.1. The molecule has 3 aromatic rings. The van der Waals surface area contributed by atoms with Crippen LogP contribution in [0.5, 0.6) is 5.75 Å². The lowest BCUT2D eigenvalue weighted by Gasteiger charge is -2.31. The number of allylic oxidation sites excluding steroid dienone is 1. The van der Waals surface area contributed by atoms with Crippen molar-refractivity contribution in [3.63, 3.8) is 0 Å². The third-order valence-corrected chi connectivity index (χ3v) is 11.4. The van der Waals surface area contributed by atoms with Gasteiger partial charge in [-0.2, -0.15) is 4.31 Å². The average molecular weight is 652 g/mol. The molecular weight excluding hydrogens is 610 g/mol. The highest BCUT2D eigenvalue weighted by molar-refractivity contribution is 7.89. The monoisotopic (exact) mass is 651 g/mol. The third-order valence-electron chi connectivity index (χ3n) is 9.51. The van der Waals surface area contributed by atoms with E-state index < -0.39 is 16.3 Å². The molecule has 5 unspecified atom stereocenters. The Morgan fingerprint density at radius 2 is 1.85 bits per heavy atom. The van der Waals surface area contributed by atoms with Crippen LogP contribution >= 0.6 is 0 Å². The van der Waals surface area contributed by atoms with Crippen molar-refractivity contribution in [1.29, 1.82) is 0 Å². The molecule has 246 valence electrons. The highest BCUT2D eigenvalue weighted by Crippen LogP contribution is 2.45. The van der Waals surface area contributed by atoms with Gasteiger partial charge < -0.3 is 24.6 Å². The summed E-state index contributed by atoms with van der Waals surface area (Å²) in [7, 11) is -2.43. The van der Waals surface area contributed by atoms with Crippen molar-refractivity contribution >= 4 is 32.7 Å². The molecule has 2 aromatic carbocycles. The lowest BCUT2D eigenvalue weighted by molar-refractivity contribution is -0.147. The Morgan fingerprint density at radius 3 is 2.52 bits per heavy atom. The summed E-state index contributed by atoms with van der Waals surface area (Å²) in [4.78, 5) is 26.1. The molecule has 2 saturated carbocycles. The molecule has 2 fully saturated rings. The summed E-state index contributed by atoms with van der Waals surface area (Å²) in [6, 6.07) is 13.8. The number of aliphatic hydroxyl groups is 1. The number of sulfonamides is 1. The van der Waals surface area contributed by atoms with Gasteiger partial charge in [0.15, 0.2) is 5.76 Å². The quantitative estimate of drug-likeness (QED) is 0.300. The Labute approximate surface area is 269 Å². The van der Waals surface area contributed by atoms with E-state index in [1.54, 1.807) is 22.8 Å². The normalized spacial score (nSPS) is 24.2. The van der Waals surface area contributed by atoms with Crippen LogP contribution < -0.4 is 10.1 Å². The number of rotatable bonds is 12. The highest BCUT2D eigenvalue weighted by atomic mass is 32.2. The fourth-order valence-electron chi connectivity index (χ4n) is 7.20. The summed E-state index contributed by atoms with van der Waals surface area (Å²) in [6.45, 7) is 0.943. The van der Waals surface area contributed by atoms with Crippen LogP contribution in [0.25, 0.3) is 10.9 Å². The first-order valence-corrected chi connectivity index (χ1v) is 17.3. The van der Waals surface area contributed by atoms with Crippen LogP contribution in [0, 0.1) is 11.8 Å². The first-order chi connectivity index (χ1) is 22.2. The van der Waals surface area contributed by atoms with E-state index in [2.05, 4.69) is 5.32 Å². The van der Waals surface area contributed by atoms with Gasteiger partial charge in [-0.05, 0) is 73.1 Å². The van der Waals surface area contributed by atoms with Crippen LogP contribution in [0.3, 0.4) is 0 Å². The van der Waals surface area contributed by atoms with E-state index in [1.165, 1.54) is 32.6 Å². The van der Waals surface area contributed by atoms with Gasteiger partial charge in [0, 0.05) is 50.0 Å². The van der Waals surface area contributed by atoms with Crippen LogP contribution in [-0.4, -0.2) is 80.0 Å². The van der Waals surface area contributed by atoms with E-state index in [4.69, 9.17) is 14.2 Å². The number of carbonyl (C=O) groups is 2. The first kappa shape index (κ1) is 32.2. The number of aliphatic hydroxyl groups excluding tert-OH is 1. The van der Waals surface area contributed by atoms with E-state index in [0.29, 0.717) is 24.0 Å². The van der Waals surface area contributed by atoms with Gasteiger partial charge in [0.25, 0.3) is 5.91 Å². The minimum atomic E-state index is -3.93. The second-order valence-corrected chi connectivity index (χ2v) is 14.3. The number of para-hydroxylation sites is 1. The highest BCUT2D eigenvalue weighted by Gasteiger charge is 2.41. The summed E-state index contributed by atoms with van der Waals surface area (Å²) in [5, 5.41) is 13.7. The average Bonchev–Trinajstić information content (AvgIpc) is 3.79. The van der Waals surface area contributed by atoms with Crippen molar-refractivity contribution in [2.24, 2.45) is 11.8 Å². The fourth-order valence-corrected chi connectivity index (χ4v) is 8.62. The van der Waals surface area contributed by atoms with Gasteiger partial charge in [0.1, 0.15) is 5.75 Å². The van der Waals surface area contributed by atoms with Gasteiger partial charge in [-0.15, -0.1) is 0 Å². The first-order valence-electron chi connectivity index (χ1n) is 15.8. The maximum absolute atomic E-state index is 13.6. The maximum atomic E-state index is 13.6. The SMILES string of the molecule is COc1ccc(S(=O)(=O)N(CCO)CCOC2CC(c3cn(C(C)=O)c4ccccc34)C=C(C(=O)NC3CC4CCC3C4)O2)cc1. The molecule has 0 saturated heterocycles. The van der Waals surface area contributed by atoms with Gasteiger partial charge in [0.05, 0.1) is 30.7 Å². The summed E-state index contributed by atoms with van der Waals surface area (Å²) in [5.41, 5.74) is 1.65. The molecule has 12 heteroatoms. The number of nitrogens with zero attached hydrogens (tertiary/aromatic N) is 2. The van der Waals surface area contributed by atoms with E-state index in [9.17, 15) is 23.1 Å². The van der Waals surface area contributed by atoms with Gasteiger partial charge in [-0.3, -0.25) is 14.2 Å². The Morgan fingerprint density at radius 1 is 1.07 bits per heavy atom. The molecule has 2 heterocycles. The maximum Gasteiger partial charge on any atom is 0.286 e. The minimum Gasteiger partial charge on any atom is -0.497 e. The van der Waals surface area contributed by atoms with Crippen LogP contribution in [0.1, 0.15) is 55.3 Å². The number of fused-ring (bicyclic) bond motifs is 3. The summed E-state index contributed by atoms with van der Waals surface area (Å²) < 4.78 is 46.9. The summed E-state index contributed by atoms with van der Waals surface area (Å²) in [6.07, 6.45) is 7.58. The van der Waals surface area contributed by atoms with E-state index in [0.717, 1.165) is 40.0 Å². The number of aromatic nitrogens is 1. The predicted molar refractivity (Wildman–Crippen MR) is 171 cm³/mol. The van der Waals surface area contributed by atoms with E-state index >= 15 is 0 Å². The van der Waals surface area contributed by atoms with Crippen LogP contribution in [-0.2, 0) is 24.3 Å². The molecule has 2 N–H and O–H groups in total. The topological polar surface area (TPSA) is 136 Å². The molecule has 2 bridgehead atoms. The molecule has 11 nitrogen and oxygen atoms in total. The molecule has 0 radical (unpaired) electrons. The van der Waals surface area contributed by atoms with Crippen LogP contribution in [0.2, 0.25) is 0 Å². The molecule has 1 aromatic heterocycles. The van der Waals surface area contributed by atoms with E-state index in [1.807, 2.05) is 30.5 Å². The molecule has 46 heavy (non-hydrogen) atoms. The molecule has 6 rings (SSSR count). The molecule has 5 atom stereocenters. The number of carbonyl (C=O) groups excluding carboxylic acids is 2. The number of methoxy groups -OCH3 is 1. The lowest BCUT2D eigenvalue weighted by Crippen LogP contribution is -2.41. The predicted octanol–water partition coefficient (Wildman–Crippen LogP) is 4.03. The Hall–Kier alpha value is -3.71. The molecule has 0 spiro atoms.